The molecule has 1 aromatic carbocycles. The average molecular weight is 183 g/mol. The molecule has 5 nitrogen and oxygen atoms in total. The number of rotatable bonds is 2. The Kier molecular flexibility index (Phi) is 2.27. The molecule has 0 unspecified atom stereocenters. The van der Waals surface area contributed by atoms with Crippen molar-refractivity contribution in [2.24, 2.45) is 0 Å². The second-order valence-electron chi connectivity index (χ2n) is 2.41. The zero-order valence-electron chi connectivity index (χ0n) is 6.94. The van der Waals surface area contributed by atoms with Crippen LogP contribution in [0.5, 0.6) is 11.5 Å². The Morgan fingerprint density at radius 1 is 1.54 bits per heavy atom. The lowest BCUT2D eigenvalue weighted by atomic mass is 10.1. The van der Waals surface area contributed by atoms with Gasteiger partial charge in [-0.1, -0.05) is 0 Å². The van der Waals surface area contributed by atoms with Gasteiger partial charge in [-0.05, 0) is 6.07 Å². The number of carbonyl (C=O) groups is 1. The van der Waals surface area contributed by atoms with Gasteiger partial charge in [0, 0.05) is 6.07 Å². The molecule has 0 heterocycles. The summed E-state index contributed by atoms with van der Waals surface area (Å²) in [6.45, 7) is 0. The van der Waals surface area contributed by atoms with Gasteiger partial charge in [-0.3, -0.25) is 0 Å². The molecule has 0 amide bonds. The largest absolute Gasteiger partial charge is 0.506 e. The van der Waals surface area contributed by atoms with Gasteiger partial charge in [-0.15, -0.1) is 0 Å². The number of nitrogens with two attached hydrogens (primary N) is 1. The van der Waals surface area contributed by atoms with Gasteiger partial charge in [0.1, 0.15) is 11.5 Å². The average Bonchev–Trinajstić information content (AvgIpc) is 2.09. The predicted octanol–water partition coefficient (Wildman–Crippen LogP) is 0.681. The van der Waals surface area contributed by atoms with Crippen molar-refractivity contribution in [2.75, 3.05) is 12.8 Å². The topological polar surface area (TPSA) is 92.8 Å². The number of phenols is 1. The minimum absolute atomic E-state index is 0.159. The van der Waals surface area contributed by atoms with E-state index in [4.69, 9.17) is 15.6 Å². The van der Waals surface area contributed by atoms with Crippen molar-refractivity contribution in [1.29, 1.82) is 0 Å². The fourth-order valence-corrected chi connectivity index (χ4v) is 0.907. The molecule has 1 aromatic rings. The number of hydrogen-bond acceptors (Lipinski definition) is 4. The van der Waals surface area contributed by atoms with Gasteiger partial charge < -0.3 is 20.7 Å². The van der Waals surface area contributed by atoms with Crippen LogP contribution in [-0.2, 0) is 0 Å². The van der Waals surface area contributed by atoms with E-state index >= 15 is 0 Å². The van der Waals surface area contributed by atoms with Crippen LogP contribution in [0.25, 0.3) is 0 Å². The van der Waals surface area contributed by atoms with E-state index in [0.29, 0.717) is 0 Å². The molecule has 0 aliphatic carbocycles. The Morgan fingerprint density at radius 3 is 2.62 bits per heavy atom. The monoisotopic (exact) mass is 183 g/mol. The molecule has 0 atom stereocenters. The van der Waals surface area contributed by atoms with Gasteiger partial charge in [0.2, 0.25) is 0 Å². The van der Waals surface area contributed by atoms with E-state index in [0.717, 1.165) is 0 Å². The summed E-state index contributed by atoms with van der Waals surface area (Å²) < 4.78 is 4.76. The smallest absolute Gasteiger partial charge is 0.338 e. The number of methoxy groups -OCH3 is 1. The second-order valence-corrected chi connectivity index (χ2v) is 2.41. The summed E-state index contributed by atoms with van der Waals surface area (Å²) in [6.07, 6.45) is 0. The number of nitrogen functional groups attached to an aromatic ring is 1. The van der Waals surface area contributed by atoms with Gasteiger partial charge in [0.05, 0.1) is 18.4 Å². The molecule has 13 heavy (non-hydrogen) atoms. The third-order valence-electron chi connectivity index (χ3n) is 1.60. The van der Waals surface area contributed by atoms with E-state index < -0.39 is 5.97 Å². The standard InChI is InChI=1S/C8H9NO4/c1-13-4-2-5(8(11)12)7(9)6(10)3-4/h2-3,10H,9H2,1H3,(H,11,12). The Hall–Kier alpha value is -1.91. The maximum absolute atomic E-state index is 10.6. The van der Waals surface area contributed by atoms with Gasteiger partial charge in [-0.2, -0.15) is 0 Å². The molecule has 0 saturated heterocycles. The lowest BCUT2D eigenvalue weighted by Crippen LogP contribution is -2.03. The third kappa shape index (κ3) is 1.64. The number of hydrogen-bond donors (Lipinski definition) is 3. The van der Waals surface area contributed by atoms with E-state index in [9.17, 15) is 9.90 Å². The Balaban J connectivity index is 3.33. The molecule has 4 N–H and O–H groups in total. The minimum Gasteiger partial charge on any atom is -0.506 e. The second kappa shape index (κ2) is 3.22. The van der Waals surface area contributed by atoms with E-state index in [1.54, 1.807) is 0 Å². The van der Waals surface area contributed by atoms with Crippen LogP contribution in [0.2, 0.25) is 0 Å². The van der Waals surface area contributed by atoms with Crippen LogP contribution in [-0.4, -0.2) is 23.3 Å². The van der Waals surface area contributed by atoms with Crippen molar-refractivity contribution in [3.05, 3.63) is 17.7 Å². The van der Waals surface area contributed by atoms with Crippen molar-refractivity contribution in [1.82, 2.24) is 0 Å². The van der Waals surface area contributed by atoms with Gasteiger partial charge in [0.25, 0.3) is 0 Å². The Morgan fingerprint density at radius 2 is 2.15 bits per heavy atom. The summed E-state index contributed by atoms with van der Waals surface area (Å²) in [7, 11) is 1.37. The predicted molar refractivity (Wildman–Crippen MR) is 46.0 cm³/mol. The van der Waals surface area contributed by atoms with E-state index in [1.165, 1.54) is 19.2 Å². The fourth-order valence-electron chi connectivity index (χ4n) is 0.907. The molecule has 0 aliphatic rings. The number of ether oxygens (including phenoxy) is 1. The van der Waals surface area contributed by atoms with Crippen molar-refractivity contribution in [3.8, 4) is 11.5 Å². The van der Waals surface area contributed by atoms with Crippen LogP contribution < -0.4 is 10.5 Å². The van der Waals surface area contributed by atoms with Crippen molar-refractivity contribution in [2.45, 2.75) is 0 Å². The molecule has 0 fully saturated rings. The molecular formula is C8H9NO4. The molecule has 0 aromatic heterocycles. The number of phenolic OH excluding ortho intramolecular Hbond substituents is 1. The van der Waals surface area contributed by atoms with Crippen LogP contribution in [0.1, 0.15) is 10.4 Å². The Labute approximate surface area is 74.4 Å². The number of aromatic hydroxyl groups is 1. The van der Waals surface area contributed by atoms with Crippen LogP contribution in [0, 0.1) is 0 Å². The van der Waals surface area contributed by atoms with Crippen molar-refractivity contribution in [3.63, 3.8) is 0 Å². The summed E-state index contributed by atoms with van der Waals surface area (Å²) >= 11 is 0. The van der Waals surface area contributed by atoms with E-state index in [1.807, 2.05) is 0 Å². The highest BCUT2D eigenvalue weighted by atomic mass is 16.5. The number of benzene rings is 1. The highest BCUT2D eigenvalue weighted by Crippen LogP contribution is 2.29. The molecule has 0 radical (unpaired) electrons. The highest BCUT2D eigenvalue weighted by molar-refractivity contribution is 5.95. The summed E-state index contributed by atoms with van der Waals surface area (Å²) in [5.41, 5.74) is 4.99. The summed E-state index contributed by atoms with van der Waals surface area (Å²) in [5.74, 6) is -1.24. The zero-order valence-corrected chi connectivity index (χ0v) is 6.94. The first-order valence-electron chi connectivity index (χ1n) is 3.46. The first kappa shape index (κ1) is 9.18. The van der Waals surface area contributed by atoms with Crippen molar-refractivity contribution < 1.29 is 19.7 Å². The maximum atomic E-state index is 10.6. The highest BCUT2D eigenvalue weighted by Gasteiger charge is 2.13. The maximum Gasteiger partial charge on any atom is 0.338 e. The summed E-state index contributed by atoms with van der Waals surface area (Å²) in [6, 6.07) is 2.50. The van der Waals surface area contributed by atoms with Crippen LogP contribution in [0.4, 0.5) is 5.69 Å². The molecular weight excluding hydrogens is 174 g/mol. The van der Waals surface area contributed by atoms with Crippen LogP contribution in [0.3, 0.4) is 0 Å². The number of carboxylic acid groups (broad SMARTS) is 1. The van der Waals surface area contributed by atoms with Crippen molar-refractivity contribution >= 4 is 11.7 Å². The molecule has 5 heteroatoms. The number of aromatic carboxylic acids is 1. The summed E-state index contributed by atoms with van der Waals surface area (Å²) in [5, 5.41) is 17.9. The number of carboxylic acids is 1. The molecule has 1 rings (SSSR count). The first-order valence-corrected chi connectivity index (χ1v) is 3.46. The first-order chi connectivity index (χ1) is 6.06. The molecule has 0 spiro atoms. The normalized spacial score (nSPS) is 9.62. The summed E-state index contributed by atoms with van der Waals surface area (Å²) in [4.78, 5) is 10.6. The SMILES string of the molecule is COc1cc(O)c(N)c(C(=O)O)c1. The molecule has 0 aliphatic heterocycles. The van der Waals surface area contributed by atoms with Crippen LogP contribution in [0.15, 0.2) is 12.1 Å². The molecule has 0 saturated carbocycles. The van der Waals surface area contributed by atoms with E-state index in [2.05, 4.69) is 0 Å². The molecule has 70 valence electrons. The van der Waals surface area contributed by atoms with Gasteiger partial charge in [-0.25, -0.2) is 4.79 Å². The van der Waals surface area contributed by atoms with Gasteiger partial charge in [0.15, 0.2) is 0 Å². The van der Waals surface area contributed by atoms with E-state index in [-0.39, 0.29) is 22.7 Å². The quantitative estimate of drug-likeness (QED) is 0.463. The lowest BCUT2D eigenvalue weighted by Gasteiger charge is -2.06. The third-order valence-corrected chi connectivity index (χ3v) is 1.60. The molecule has 0 bridgehead atoms. The lowest BCUT2D eigenvalue weighted by molar-refractivity contribution is 0.0697. The Bertz CT molecular complexity index is 348. The van der Waals surface area contributed by atoms with Crippen LogP contribution >= 0.6 is 0 Å². The van der Waals surface area contributed by atoms with Gasteiger partial charge >= 0.3 is 5.97 Å². The number of anilines is 1. The zero-order chi connectivity index (χ0) is 10.0. The fraction of sp³-hybridized carbons (Fsp3) is 0.125. The minimum atomic E-state index is -1.20.